The van der Waals surface area contributed by atoms with Crippen LogP contribution in [0, 0.1) is 10.1 Å². The maximum Gasteiger partial charge on any atom is 0.414 e. The molecule has 0 saturated carbocycles. The molecule has 0 amide bonds. The van der Waals surface area contributed by atoms with E-state index in [0.29, 0.717) is 61.9 Å². The molecule has 23 heteroatoms. The maximum absolute atomic E-state index is 14.8. The highest BCUT2D eigenvalue weighted by Gasteiger charge is 2.41. The number of hydrogen-bond donors (Lipinski definition) is 9. The topological polar surface area (TPSA) is 345 Å². The van der Waals surface area contributed by atoms with Gasteiger partial charge in [-0.1, -0.05) is 116 Å². The van der Waals surface area contributed by atoms with Crippen LogP contribution in [0.5, 0.6) is 11.5 Å². The number of carbonyl (C=O) groups excluding carboxylic acids is 1. The number of allylic oxidation sites excluding steroid dienone is 2. The molecule has 0 bridgehead atoms. The molecule has 1 heterocycles. The highest BCUT2D eigenvalue weighted by molar-refractivity contribution is 6.27. The van der Waals surface area contributed by atoms with E-state index in [1.165, 1.54) is 18.2 Å². The molecule has 0 aromatic heterocycles. The fourth-order valence-electron chi connectivity index (χ4n) is 9.03. The summed E-state index contributed by atoms with van der Waals surface area (Å²) in [4.78, 5) is 79.4. The minimum atomic E-state index is -1.82. The summed E-state index contributed by atoms with van der Waals surface area (Å²) in [7, 11) is 3.71. The normalized spacial score (nSPS) is 14.4. The Morgan fingerprint density at radius 1 is 0.687 bits per heavy atom. The molecule has 0 saturated heterocycles. The minimum absolute atomic E-state index is 0.00216. The zero-order valence-electron chi connectivity index (χ0n) is 46.7. The van der Waals surface area contributed by atoms with Crippen molar-refractivity contribution in [2.75, 3.05) is 60.1 Å². The number of nitrogens with one attached hydrogen (secondary N) is 2. The number of nitro groups is 1. The van der Waals surface area contributed by atoms with Crippen LogP contribution >= 0.6 is 0 Å². The van der Waals surface area contributed by atoms with E-state index in [0.717, 1.165) is 42.0 Å². The van der Waals surface area contributed by atoms with E-state index in [4.69, 9.17) is 53.8 Å². The number of aliphatic hydroxyl groups is 2. The monoisotopic (exact) mass is 1150 g/mol. The molecule has 446 valence electrons. The highest BCUT2D eigenvalue weighted by Crippen LogP contribution is 2.43. The molecule has 1 aliphatic rings. The number of fused-ring (bicyclic) bond motifs is 1. The molecule has 0 aliphatic carbocycles. The fraction of sp³-hybridized carbons (Fsp3) is 0.367. The van der Waals surface area contributed by atoms with E-state index < -0.39 is 64.4 Å². The van der Waals surface area contributed by atoms with Gasteiger partial charge in [0.25, 0.3) is 5.69 Å². The lowest BCUT2D eigenvalue weighted by Gasteiger charge is -2.38. The van der Waals surface area contributed by atoms with Crippen LogP contribution in [-0.2, 0) is 40.0 Å². The lowest BCUT2D eigenvalue weighted by molar-refractivity contribution is -0.384. The van der Waals surface area contributed by atoms with Crippen molar-refractivity contribution in [3.05, 3.63) is 171 Å². The molecule has 5 aromatic carbocycles. The molecular formula is C60H73N5O18. The number of carboxylic acid groups (broad SMARTS) is 5. The highest BCUT2D eigenvalue weighted by atomic mass is 16.6. The van der Waals surface area contributed by atoms with Crippen LogP contribution in [0.15, 0.2) is 150 Å². The van der Waals surface area contributed by atoms with Crippen molar-refractivity contribution in [2.24, 2.45) is 0 Å². The van der Waals surface area contributed by atoms with Gasteiger partial charge < -0.3 is 70.4 Å². The van der Waals surface area contributed by atoms with Crippen LogP contribution in [0.4, 0.5) is 5.69 Å². The number of esters is 1. The summed E-state index contributed by atoms with van der Waals surface area (Å²) < 4.78 is 18.3. The number of aliphatic carboxylic acids is 5. The lowest BCUT2D eigenvalue weighted by atomic mass is 9.79. The van der Waals surface area contributed by atoms with Crippen molar-refractivity contribution in [3.63, 3.8) is 0 Å². The Kier molecular flexibility index (Phi) is 27.3. The number of hydrogen-bond acceptors (Lipinski definition) is 17. The third-order valence-corrected chi connectivity index (χ3v) is 13.6. The molecule has 83 heavy (non-hydrogen) atoms. The summed E-state index contributed by atoms with van der Waals surface area (Å²) in [6.45, 7) is 5.89. The first-order valence-corrected chi connectivity index (χ1v) is 26.6. The van der Waals surface area contributed by atoms with Gasteiger partial charge in [-0.05, 0) is 81.4 Å². The van der Waals surface area contributed by atoms with Crippen LogP contribution in [0.25, 0.3) is 10.8 Å². The summed E-state index contributed by atoms with van der Waals surface area (Å²) in [6.07, 6.45) is 2.81. The zero-order valence-corrected chi connectivity index (χ0v) is 46.7. The SMILES string of the molecule is CC1=C(C(=O)O)C(c2cccc([N+](=O)[O-])c2)C(C(=O)OCC(CCCCCCNCC(O)COc2ccccc2)(CCN(C)Cc2ccccc2)NCC(O)COc2cccc3ccccc23)=C(C)N1C.O=C(O)C(=O)O.O=C(O)C(=O)O. The third-order valence-electron chi connectivity index (χ3n) is 13.6. The van der Waals surface area contributed by atoms with Crippen LogP contribution in [-0.4, -0.2) is 164 Å². The number of ether oxygens (including phenoxy) is 3. The molecule has 23 nitrogen and oxygen atoms in total. The van der Waals surface area contributed by atoms with Crippen LogP contribution < -0.4 is 20.1 Å². The van der Waals surface area contributed by atoms with E-state index in [9.17, 15) is 35.0 Å². The van der Waals surface area contributed by atoms with E-state index in [-0.39, 0.29) is 48.8 Å². The Labute approximate surface area is 480 Å². The van der Waals surface area contributed by atoms with Crippen LogP contribution in [0.2, 0.25) is 0 Å². The van der Waals surface area contributed by atoms with Gasteiger partial charge in [-0.15, -0.1) is 0 Å². The van der Waals surface area contributed by atoms with Gasteiger partial charge in [0.15, 0.2) is 0 Å². The average molecular weight is 1150 g/mol. The number of carboxylic acids is 5. The number of nitro benzene ring substituents is 1. The summed E-state index contributed by atoms with van der Waals surface area (Å²) in [5.74, 6) is -9.10. The van der Waals surface area contributed by atoms with Gasteiger partial charge in [0, 0.05) is 62.1 Å². The summed E-state index contributed by atoms with van der Waals surface area (Å²) in [5.41, 5.74) is 1.14. The second-order valence-electron chi connectivity index (χ2n) is 19.7. The first-order valence-electron chi connectivity index (χ1n) is 26.6. The molecule has 1 aliphatic heterocycles. The predicted octanol–water partition coefficient (Wildman–Crippen LogP) is 6.53. The number of unbranched alkanes of at least 4 members (excludes halogenated alkanes) is 3. The summed E-state index contributed by atoms with van der Waals surface area (Å²) in [6, 6.07) is 38.9. The number of nitrogens with zero attached hydrogens (tertiary/aromatic N) is 3. The molecule has 0 spiro atoms. The summed E-state index contributed by atoms with van der Waals surface area (Å²) in [5, 5.41) is 83.1. The van der Waals surface area contributed by atoms with Gasteiger partial charge in [-0.3, -0.25) is 10.1 Å². The van der Waals surface area contributed by atoms with Gasteiger partial charge >= 0.3 is 35.8 Å². The van der Waals surface area contributed by atoms with Gasteiger partial charge in [0.05, 0.1) is 27.5 Å². The Balaban J connectivity index is 0.00000111. The van der Waals surface area contributed by atoms with Crippen molar-refractivity contribution >= 4 is 52.3 Å². The molecular weight excluding hydrogens is 1080 g/mol. The molecule has 4 unspecified atom stereocenters. The van der Waals surface area contributed by atoms with Crippen molar-refractivity contribution in [2.45, 2.75) is 82.6 Å². The number of rotatable bonds is 29. The number of non-ortho nitro benzene ring substituents is 1. The van der Waals surface area contributed by atoms with Gasteiger partial charge in [-0.25, -0.2) is 28.8 Å². The van der Waals surface area contributed by atoms with Crippen molar-refractivity contribution in [3.8, 4) is 11.5 Å². The fourth-order valence-corrected chi connectivity index (χ4v) is 9.03. The van der Waals surface area contributed by atoms with E-state index >= 15 is 0 Å². The van der Waals surface area contributed by atoms with Crippen molar-refractivity contribution in [1.29, 1.82) is 0 Å². The maximum atomic E-state index is 14.8. The number of para-hydroxylation sites is 1. The van der Waals surface area contributed by atoms with Gasteiger partial charge in [-0.2, -0.15) is 0 Å². The third kappa shape index (κ3) is 21.9. The summed E-state index contributed by atoms with van der Waals surface area (Å²) >= 11 is 0. The van der Waals surface area contributed by atoms with E-state index in [2.05, 4.69) is 27.7 Å². The Morgan fingerprint density at radius 3 is 1.89 bits per heavy atom. The predicted molar refractivity (Wildman–Crippen MR) is 306 cm³/mol. The lowest BCUT2D eigenvalue weighted by Crippen LogP contribution is -2.54. The van der Waals surface area contributed by atoms with Crippen molar-refractivity contribution in [1.82, 2.24) is 20.4 Å². The zero-order chi connectivity index (χ0) is 61.1. The van der Waals surface area contributed by atoms with Gasteiger partial charge in [0.2, 0.25) is 0 Å². The smallest absolute Gasteiger partial charge is 0.414 e. The minimum Gasteiger partial charge on any atom is -0.491 e. The Morgan fingerprint density at radius 2 is 1.25 bits per heavy atom. The van der Waals surface area contributed by atoms with Crippen LogP contribution in [0.3, 0.4) is 0 Å². The molecule has 0 fully saturated rings. The molecule has 9 N–H and O–H groups in total. The molecule has 0 radical (unpaired) electrons. The number of benzene rings is 5. The molecule has 4 atom stereocenters. The number of aliphatic hydroxyl groups excluding tert-OH is 2. The van der Waals surface area contributed by atoms with Crippen molar-refractivity contribution < 1.29 is 83.6 Å². The van der Waals surface area contributed by atoms with Crippen LogP contribution in [0.1, 0.15) is 69.4 Å². The average Bonchev–Trinajstić information content (AvgIpc) is 2.40. The van der Waals surface area contributed by atoms with E-state index in [1.54, 1.807) is 31.9 Å². The van der Waals surface area contributed by atoms with E-state index in [1.807, 2.05) is 98.0 Å². The Hall–Kier alpha value is -8.74. The number of β-amino-alcohol motifs (C(OH)–C–C–N with tert-alkyl or cyclic N) is 1. The quantitative estimate of drug-likeness (QED) is 0.00807. The molecule has 5 aromatic rings. The number of carbonyl (C=O) groups is 6. The molecule has 6 rings (SSSR count). The Bertz CT molecular complexity index is 2980. The second-order valence-corrected chi connectivity index (χ2v) is 19.7. The van der Waals surface area contributed by atoms with Gasteiger partial charge in [0.1, 0.15) is 43.5 Å². The largest absolute Gasteiger partial charge is 0.491 e. The second kappa shape index (κ2) is 33.9. The first-order chi connectivity index (χ1) is 39.5. The standard InChI is InChI=1S/C56H69N5O10.2C2H2O4/c1-40-51(54(64)65)53(44-23-17-24-45(33-44)61(67)68)52(41(2)60(40)4)55(66)71-39-56(30-32-59(3)36-42-19-9-7-10-20-42,58-35-47(63)38-70-50-28-18-22-43-21-13-14-27-49(43)50)29-15-5-6-16-31-57-34-46(62)37-69-48-25-11-8-12-26-48;2*3-1(4)2(5)6/h7-14,17-28,33,46-47,53,57-58,62-63H,5-6,15-16,29-32,34-39H2,1-4H3,(H,64,65);2*(H,3,4)(H,5,6). The first kappa shape index (κ1) is 66.8.